The van der Waals surface area contributed by atoms with Gasteiger partial charge in [-0.3, -0.25) is 39.0 Å². The van der Waals surface area contributed by atoms with Crippen LogP contribution in [0.25, 0.3) is 0 Å². The van der Waals surface area contributed by atoms with Gasteiger partial charge in [0, 0.05) is 50.5 Å². The number of aliphatic hydroxyl groups excluding tert-OH is 1. The van der Waals surface area contributed by atoms with Gasteiger partial charge in [-0.2, -0.15) is 0 Å². The van der Waals surface area contributed by atoms with E-state index >= 15 is 0 Å². The summed E-state index contributed by atoms with van der Waals surface area (Å²) in [6.07, 6.45) is 7.20. The standard InChI is InChI=1S/C40H51N5O11/c1-22-18-24-7-6-23(2)27(9-8-26-20-25(46)21-34(49)55-26)35(24)31(19-22)56-40(53)43-13-12-32(47)42-15-17-54-16-14-41-29-5-3-4-28-36(29)39(52)45(38(28)51)30-10-11-33(48)44-37(30)50/h3-7,18,22-23,25-27,30-31,35,41,46H,8-17,19-21H2,1-2H3,(H,42,47)(H,43,53)(H,44,48,50)/t22-,23-,25+,26+,27-,30?,31-,35-/m0/s1. The highest BCUT2D eigenvalue weighted by Crippen LogP contribution is 2.45. The zero-order valence-electron chi connectivity index (χ0n) is 31.8. The largest absolute Gasteiger partial charge is 0.462 e. The Hall–Kier alpha value is -5.09. The third-order valence-electron chi connectivity index (χ3n) is 11.1. The van der Waals surface area contributed by atoms with Gasteiger partial charge in [-0.15, -0.1) is 0 Å². The Morgan fingerprint density at radius 3 is 2.59 bits per heavy atom. The summed E-state index contributed by atoms with van der Waals surface area (Å²) in [7, 11) is 0. The van der Waals surface area contributed by atoms with E-state index in [9.17, 15) is 38.7 Å². The number of hydrogen-bond acceptors (Lipinski definition) is 12. The van der Waals surface area contributed by atoms with E-state index in [4.69, 9.17) is 14.2 Å². The number of amides is 6. The number of cyclic esters (lactones) is 1. The first-order chi connectivity index (χ1) is 26.9. The summed E-state index contributed by atoms with van der Waals surface area (Å²) in [5, 5.41) is 20.8. The number of allylic oxidation sites excluding steroid dienone is 3. The number of benzene rings is 1. The lowest BCUT2D eigenvalue weighted by Gasteiger charge is -2.43. The molecule has 302 valence electrons. The molecule has 0 bridgehead atoms. The van der Waals surface area contributed by atoms with E-state index in [0.29, 0.717) is 31.5 Å². The van der Waals surface area contributed by atoms with Gasteiger partial charge in [0.2, 0.25) is 17.7 Å². The fourth-order valence-corrected chi connectivity index (χ4v) is 8.47. The second-order valence-corrected chi connectivity index (χ2v) is 15.3. The number of nitrogens with zero attached hydrogens (tertiary/aromatic N) is 1. The maximum atomic E-state index is 13.2. The van der Waals surface area contributed by atoms with Gasteiger partial charge in [0.25, 0.3) is 11.8 Å². The van der Waals surface area contributed by atoms with Crippen LogP contribution in [0.3, 0.4) is 0 Å². The van der Waals surface area contributed by atoms with Crippen LogP contribution in [0, 0.1) is 23.7 Å². The smallest absolute Gasteiger partial charge is 0.407 e. The molecule has 2 fully saturated rings. The minimum atomic E-state index is -1.05. The number of carbonyl (C=O) groups excluding carboxylic acids is 7. The van der Waals surface area contributed by atoms with Crippen LogP contribution < -0.4 is 21.3 Å². The van der Waals surface area contributed by atoms with Crippen molar-refractivity contribution >= 4 is 47.3 Å². The Bertz CT molecular complexity index is 1780. The molecule has 6 amide bonds. The zero-order valence-corrected chi connectivity index (χ0v) is 31.8. The third-order valence-corrected chi connectivity index (χ3v) is 11.1. The number of anilines is 1. The minimum Gasteiger partial charge on any atom is -0.462 e. The molecule has 56 heavy (non-hydrogen) atoms. The Kier molecular flexibility index (Phi) is 13.2. The Balaban J connectivity index is 0.878. The average molecular weight is 778 g/mol. The van der Waals surface area contributed by atoms with E-state index in [2.05, 4.69) is 53.3 Å². The maximum Gasteiger partial charge on any atom is 0.407 e. The van der Waals surface area contributed by atoms with E-state index in [1.807, 2.05) is 0 Å². The number of aliphatic hydroxyl groups is 1. The fraction of sp³-hybridized carbons (Fsp3) is 0.575. The molecule has 0 saturated carbocycles. The zero-order chi connectivity index (χ0) is 39.9. The molecule has 5 aliphatic rings. The average Bonchev–Trinajstić information content (AvgIpc) is 3.39. The topological polar surface area (TPSA) is 219 Å². The molecule has 3 aliphatic heterocycles. The number of imide groups is 2. The number of hydrogen-bond donors (Lipinski definition) is 5. The number of fused-ring (bicyclic) bond motifs is 2. The molecular weight excluding hydrogens is 726 g/mol. The van der Waals surface area contributed by atoms with Crippen molar-refractivity contribution in [3.05, 3.63) is 53.1 Å². The van der Waals surface area contributed by atoms with E-state index < -0.39 is 41.9 Å². The van der Waals surface area contributed by atoms with Crippen LogP contribution >= 0.6 is 0 Å². The lowest BCUT2D eigenvalue weighted by Crippen LogP contribution is -2.54. The molecular formula is C40H51N5O11. The van der Waals surface area contributed by atoms with Gasteiger partial charge in [0.1, 0.15) is 18.2 Å². The van der Waals surface area contributed by atoms with Crippen LogP contribution in [0.4, 0.5) is 10.5 Å². The number of nitrogens with one attached hydrogen (secondary N) is 4. The molecule has 1 unspecified atom stereocenters. The molecule has 1 aromatic carbocycles. The summed E-state index contributed by atoms with van der Waals surface area (Å²) in [6, 6.07) is 3.76. The van der Waals surface area contributed by atoms with Crippen molar-refractivity contribution in [2.45, 2.75) is 89.6 Å². The van der Waals surface area contributed by atoms with Crippen molar-refractivity contribution in [3.63, 3.8) is 0 Å². The lowest BCUT2D eigenvalue weighted by atomic mass is 9.65. The number of carbonyl (C=O) groups is 7. The Morgan fingerprint density at radius 1 is 1.00 bits per heavy atom. The van der Waals surface area contributed by atoms with Gasteiger partial charge in [-0.05, 0) is 61.1 Å². The van der Waals surface area contributed by atoms with Crippen molar-refractivity contribution in [2.75, 3.05) is 38.2 Å². The molecule has 2 saturated heterocycles. The molecule has 0 spiro atoms. The van der Waals surface area contributed by atoms with E-state index in [1.54, 1.807) is 12.1 Å². The molecule has 6 rings (SSSR count). The predicted octanol–water partition coefficient (Wildman–Crippen LogP) is 2.37. The van der Waals surface area contributed by atoms with Crippen LogP contribution in [-0.4, -0.2) is 109 Å². The van der Waals surface area contributed by atoms with E-state index in [0.717, 1.165) is 16.9 Å². The second kappa shape index (κ2) is 18.2. The molecule has 8 atom stereocenters. The summed E-state index contributed by atoms with van der Waals surface area (Å²) in [4.78, 5) is 88.4. The highest BCUT2D eigenvalue weighted by Gasteiger charge is 2.46. The second-order valence-electron chi connectivity index (χ2n) is 15.3. The summed E-state index contributed by atoms with van der Waals surface area (Å²) < 4.78 is 17.1. The Labute approximate surface area is 325 Å². The molecule has 16 nitrogen and oxygen atoms in total. The number of rotatable bonds is 15. The SMILES string of the molecule is C[C@H]1C=C2C=C[C@H](C)[C@H](CC[C@@H]3C[C@@H](O)CC(=O)O3)[C@H]2[C@@H](OC(=O)NCCC(=O)NCCOCCNc2cccc3c2C(=O)N(C2CCC(=O)NC2=O)C3=O)C1. The third kappa shape index (κ3) is 9.64. The van der Waals surface area contributed by atoms with Crippen LogP contribution in [0.2, 0.25) is 0 Å². The van der Waals surface area contributed by atoms with Crippen LogP contribution in [0.1, 0.15) is 85.9 Å². The van der Waals surface area contributed by atoms with Gasteiger partial charge in [0.15, 0.2) is 0 Å². The van der Waals surface area contributed by atoms with Crippen molar-refractivity contribution in [2.24, 2.45) is 23.7 Å². The molecule has 5 N–H and O–H groups in total. The first-order valence-corrected chi connectivity index (χ1v) is 19.5. The Morgan fingerprint density at radius 2 is 1.80 bits per heavy atom. The summed E-state index contributed by atoms with van der Waals surface area (Å²) in [5.41, 5.74) is 1.89. The van der Waals surface area contributed by atoms with E-state index in [-0.39, 0.29) is 111 Å². The van der Waals surface area contributed by atoms with Gasteiger partial charge >= 0.3 is 12.1 Å². The molecule has 1 aromatic rings. The van der Waals surface area contributed by atoms with Crippen molar-refractivity contribution in [3.8, 4) is 0 Å². The summed E-state index contributed by atoms with van der Waals surface area (Å²) in [5.74, 6) is -2.38. The maximum absolute atomic E-state index is 13.2. The van der Waals surface area contributed by atoms with Crippen molar-refractivity contribution in [1.29, 1.82) is 0 Å². The van der Waals surface area contributed by atoms with E-state index in [1.165, 1.54) is 6.07 Å². The highest BCUT2D eigenvalue weighted by molar-refractivity contribution is 6.25. The number of ether oxygens (including phenoxy) is 3. The van der Waals surface area contributed by atoms with Gasteiger partial charge in [-0.25, -0.2) is 4.79 Å². The number of esters is 1. The van der Waals surface area contributed by atoms with Crippen molar-refractivity contribution < 1.29 is 52.9 Å². The van der Waals surface area contributed by atoms with Crippen molar-refractivity contribution in [1.82, 2.24) is 20.9 Å². The molecule has 0 aromatic heterocycles. The van der Waals surface area contributed by atoms with Crippen LogP contribution in [-0.2, 0) is 33.4 Å². The molecule has 16 heteroatoms. The summed E-state index contributed by atoms with van der Waals surface area (Å²) >= 11 is 0. The molecule has 0 radical (unpaired) electrons. The van der Waals surface area contributed by atoms with Gasteiger partial charge in [-0.1, -0.05) is 38.1 Å². The predicted molar refractivity (Wildman–Crippen MR) is 200 cm³/mol. The van der Waals surface area contributed by atoms with Gasteiger partial charge in [0.05, 0.1) is 36.9 Å². The monoisotopic (exact) mass is 777 g/mol. The molecule has 2 aliphatic carbocycles. The summed E-state index contributed by atoms with van der Waals surface area (Å²) in [6.45, 7) is 5.29. The quantitative estimate of drug-likeness (QED) is 0.0986. The van der Waals surface area contributed by atoms with Crippen LogP contribution in [0.15, 0.2) is 42.0 Å². The van der Waals surface area contributed by atoms with Gasteiger partial charge < -0.3 is 35.3 Å². The van der Waals surface area contributed by atoms with Crippen LogP contribution in [0.5, 0.6) is 0 Å². The first-order valence-electron chi connectivity index (χ1n) is 19.5. The lowest BCUT2D eigenvalue weighted by molar-refractivity contribution is -0.160. The number of alkyl carbamates (subject to hydrolysis) is 1. The fourth-order valence-electron chi connectivity index (χ4n) is 8.47. The number of piperidine rings is 1. The minimum absolute atomic E-state index is 0.0183. The molecule has 3 heterocycles. The highest BCUT2D eigenvalue weighted by atomic mass is 16.6. The first kappa shape index (κ1) is 40.6. The normalized spacial score (nSPS) is 28.4.